The zero-order valence-electron chi connectivity index (χ0n) is 16.3. The van der Waals surface area contributed by atoms with E-state index in [0.717, 1.165) is 0 Å². The van der Waals surface area contributed by atoms with Gasteiger partial charge >= 0.3 is 0 Å². The number of carbonyl (C=O) groups is 2. The van der Waals surface area contributed by atoms with Crippen molar-refractivity contribution >= 4 is 27.5 Å². The summed E-state index contributed by atoms with van der Waals surface area (Å²) in [6.45, 7) is 5.20. The third-order valence-corrected chi connectivity index (χ3v) is 7.21. The second-order valence-electron chi connectivity index (χ2n) is 7.29. The van der Waals surface area contributed by atoms with Gasteiger partial charge in [0.25, 0.3) is 0 Å². The lowest BCUT2D eigenvalue weighted by atomic mass is 9.99. The van der Waals surface area contributed by atoms with Crippen LogP contribution in [0, 0.1) is 5.92 Å². The van der Waals surface area contributed by atoms with Gasteiger partial charge in [0.2, 0.25) is 21.8 Å². The monoisotopic (exact) mass is 421 g/mol. The van der Waals surface area contributed by atoms with E-state index in [0.29, 0.717) is 57.7 Å². The van der Waals surface area contributed by atoms with E-state index in [-0.39, 0.29) is 28.7 Å². The largest absolute Gasteiger partial charge is 0.381 e. The van der Waals surface area contributed by atoms with Crippen molar-refractivity contribution in [3.05, 3.63) is 36.9 Å². The average Bonchev–Trinajstić information content (AvgIpc) is 2.75. The summed E-state index contributed by atoms with van der Waals surface area (Å²) in [5.74, 6) is -0.477. The van der Waals surface area contributed by atoms with Gasteiger partial charge in [0.1, 0.15) is 0 Å². The van der Waals surface area contributed by atoms with Crippen molar-refractivity contribution in [3.8, 4) is 0 Å². The van der Waals surface area contributed by atoms with Gasteiger partial charge in [0.15, 0.2) is 0 Å². The predicted octanol–water partition coefficient (Wildman–Crippen LogP) is 1.51. The fraction of sp³-hybridized carbons (Fsp3) is 0.500. The highest BCUT2D eigenvalue weighted by Crippen LogP contribution is 2.24. The smallest absolute Gasteiger partial charge is 0.243 e. The molecule has 0 aromatic heterocycles. The molecule has 0 radical (unpaired) electrons. The Labute approximate surface area is 171 Å². The molecule has 0 saturated carbocycles. The molecule has 0 aliphatic carbocycles. The lowest BCUT2D eigenvalue weighted by Gasteiger charge is -2.31. The summed E-state index contributed by atoms with van der Waals surface area (Å²) in [6, 6.07) is 6.29. The topological polar surface area (TPSA) is 105 Å². The van der Waals surface area contributed by atoms with Crippen LogP contribution in [0.1, 0.15) is 25.7 Å². The first-order chi connectivity index (χ1) is 13.9. The Morgan fingerprint density at radius 3 is 2.48 bits per heavy atom. The van der Waals surface area contributed by atoms with Crippen LogP contribution < -0.4 is 10.6 Å². The normalized spacial score (nSPS) is 19.4. The number of carbonyl (C=O) groups excluding carboxylic acids is 2. The Bertz CT molecular complexity index is 857. The number of anilines is 1. The molecule has 2 N–H and O–H groups in total. The number of nitrogens with one attached hydrogen (secondary N) is 2. The van der Waals surface area contributed by atoms with E-state index < -0.39 is 10.0 Å². The van der Waals surface area contributed by atoms with Crippen molar-refractivity contribution < 1.29 is 22.7 Å². The Hall–Kier alpha value is -2.23. The molecule has 2 amide bonds. The van der Waals surface area contributed by atoms with E-state index >= 15 is 0 Å². The minimum Gasteiger partial charge on any atom is -0.381 e. The fourth-order valence-corrected chi connectivity index (χ4v) is 5.10. The highest BCUT2D eigenvalue weighted by molar-refractivity contribution is 7.89. The summed E-state index contributed by atoms with van der Waals surface area (Å²) >= 11 is 0. The van der Waals surface area contributed by atoms with Crippen molar-refractivity contribution in [2.45, 2.75) is 36.6 Å². The van der Waals surface area contributed by atoms with Crippen LogP contribution in [-0.4, -0.2) is 56.9 Å². The zero-order valence-corrected chi connectivity index (χ0v) is 17.1. The third kappa shape index (κ3) is 5.43. The molecule has 3 rings (SSSR count). The van der Waals surface area contributed by atoms with Gasteiger partial charge in [0, 0.05) is 44.0 Å². The van der Waals surface area contributed by atoms with Crippen LogP contribution >= 0.6 is 0 Å². The predicted molar refractivity (Wildman–Crippen MR) is 109 cm³/mol. The average molecular weight is 422 g/mol. The SMILES string of the molecule is C=CC(=O)NC1CCN(S(=O)(=O)c2cccc(NC(=O)C3CCOCC3)c2)CC1. The zero-order chi connectivity index (χ0) is 20.9. The van der Waals surface area contributed by atoms with Crippen LogP contribution in [-0.2, 0) is 24.3 Å². The maximum atomic E-state index is 13.0. The number of piperidine rings is 1. The number of benzene rings is 1. The van der Waals surface area contributed by atoms with Gasteiger partial charge in [-0.3, -0.25) is 9.59 Å². The maximum absolute atomic E-state index is 13.0. The second-order valence-corrected chi connectivity index (χ2v) is 9.23. The molecule has 8 nitrogen and oxygen atoms in total. The molecule has 1 aromatic carbocycles. The molecule has 2 aliphatic heterocycles. The third-order valence-electron chi connectivity index (χ3n) is 5.32. The van der Waals surface area contributed by atoms with Crippen LogP contribution in [0.2, 0.25) is 0 Å². The lowest BCUT2D eigenvalue weighted by Crippen LogP contribution is -2.46. The summed E-state index contributed by atoms with van der Waals surface area (Å²) in [5.41, 5.74) is 0.468. The summed E-state index contributed by atoms with van der Waals surface area (Å²) in [5, 5.41) is 5.64. The van der Waals surface area contributed by atoms with Gasteiger partial charge in [-0.1, -0.05) is 12.6 Å². The molecule has 0 atom stereocenters. The van der Waals surface area contributed by atoms with Gasteiger partial charge in [-0.05, 0) is 50.0 Å². The van der Waals surface area contributed by atoms with Crippen LogP contribution in [0.5, 0.6) is 0 Å². The number of hydrogen-bond acceptors (Lipinski definition) is 5. The molecule has 0 unspecified atom stereocenters. The first-order valence-corrected chi connectivity index (χ1v) is 11.3. The first kappa shape index (κ1) is 21.5. The number of sulfonamides is 1. The van der Waals surface area contributed by atoms with Gasteiger partial charge in [-0.2, -0.15) is 4.31 Å². The highest BCUT2D eigenvalue weighted by atomic mass is 32.2. The molecule has 29 heavy (non-hydrogen) atoms. The van der Waals surface area contributed by atoms with E-state index in [1.807, 2.05) is 0 Å². The number of nitrogens with zero attached hydrogens (tertiary/aromatic N) is 1. The standard InChI is InChI=1S/C20H27N3O5S/c1-2-19(24)21-16-6-10-23(11-7-16)29(26,27)18-5-3-4-17(14-18)22-20(25)15-8-12-28-13-9-15/h2-5,14-16H,1,6-13H2,(H,21,24)(H,22,25). The highest BCUT2D eigenvalue weighted by Gasteiger charge is 2.30. The summed E-state index contributed by atoms with van der Waals surface area (Å²) < 4.78 is 32.7. The van der Waals surface area contributed by atoms with Crippen LogP contribution in [0.3, 0.4) is 0 Å². The Morgan fingerprint density at radius 1 is 1.14 bits per heavy atom. The Morgan fingerprint density at radius 2 is 1.83 bits per heavy atom. The van der Waals surface area contributed by atoms with Crippen LogP contribution in [0.15, 0.2) is 41.8 Å². The number of rotatable bonds is 6. The summed E-state index contributed by atoms with van der Waals surface area (Å²) in [6.07, 6.45) is 3.63. The Kier molecular flexibility index (Phi) is 7.05. The molecule has 2 aliphatic rings. The fourth-order valence-electron chi connectivity index (χ4n) is 3.59. The maximum Gasteiger partial charge on any atom is 0.243 e. The summed E-state index contributed by atoms with van der Waals surface area (Å²) in [7, 11) is -3.67. The van der Waals surface area contributed by atoms with Crippen LogP contribution in [0.25, 0.3) is 0 Å². The molecule has 2 saturated heterocycles. The molecule has 9 heteroatoms. The molecule has 158 valence electrons. The lowest BCUT2D eigenvalue weighted by molar-refractivity contribution is -0.122. The number of amides is 2. The van der Waals surface area contributed by atoms with Crippen molar-refractivity contribution in [3.63, 3.8) is 0 Å². The molecule has 0 spiro atoms. The van der Waals surface area contributed by atoms with E-state index in [9.17, 15) is 18.0 Å². The van der Waals surface area contributed by atoms with E-state index in [1.54, 1.807) is 12.1 Å². The number of ether oxygens (including phenoxy) is 1. The van der Waals surface area contributed by atoms with Crippen molar-refractivity contribution in [2.24, 2.45) is 5.92 Å². The molecule has 2 heterocycles. The Balaban J connectivity index is 1.63. The van der Waals surface area contributed by atoms with Crippen molar-refractivity contribution in [1.82, 2.24) is 9.62 Å². The molecular formula is C20H27N3O5S. The summed E-state index contributed by atoms with van der Waals surface area (Å²) in [4.78, 5) is 24.0. The second kappa shape index (κ2) is 9.51. The van der Waals surface area contributed by atoms with Gasteiger partial charge < -0.3 is 15.4 Å². The minimum absolute atomic E-state index is 0.0583. The van der Waals surface area contributed by atoms with E-state index in [2.05, 4.69) is 17.2 Å². The molecule has 0 bridgehead atoms. The van der Waals surface area contributed by atoms with E-state index in [4.69, 9.17) is 4.74 Å². The quantitative estimate of drug-likeness (QED) is 0.678. The first-order valence-electron chi connectivity index (χ1n) is 9.82. The number of hydrogen-bond donors (Lipinski definition) is 2. The van der Waals surface area contributed by atoms with Crippen LogP contribution in [0.4, 0.5) is 5.69 Å². The van der Waals surface area contributed by atoms with Crippen molar-refractivity contribution in [2.75, 3.05) is 31.6 Å². The van der Waals surface area contributed by atoms with Gasteiger partial charge in [-0.25, -0.2) is 8.42 Å². The molecular weight excluding hydrogens is 394 g/mol. The molecule has 2 fully saturated rings. The minimum atomic E-state index is -3.67. The van der Waals surface area contributed by atoms with Gasteiger partial charge in [-0.15, -0.1) is 0 Å². The van der Waals surface area contributed by atoms with Gasteiger partial charge in [0.05, 0.1) is 4.90 Å². The molecule has 1 aromatic rings. The van der Waals surface area contributed by atoms with E-state index in [1.165, 1.54) is 22.5 Å². The van der Waals surface area contributed by atoms with Crippen molar-refractivity contribution in [1.29, 1.82) is 0 Å².